The molecule has 3 rings (SSSR count). The van der Waals surface area contributed by atoms with Crippen LogP contribution in [0, 0.1) is 6.92 Å². The Labute approximate surface area is 157 Å². The zero-order valence-electron chi connectivity index (χ0n) is 15.4. The monoisotopic (exact) mass is 369 g/mol. The van der Waals surface area contributed by atoms with Gasteiger partial charge in [0.2, 0.25) is 5.95 Å². The largest absolute Gasteiger partial charge is 0.497 e. The summed E-state index contributed by atoms with van der Waals surface area (Å²) in [5.41, 5.74) is 2.70. The molecule has 8 heteroatoms. The molecule has 0 aliphatic rings. The molecule has 0 amide bonds. The fourth-order valence-electron chi connectivity index (χ4n) is 2.71. The molecule has 8 nitrogen and oxygen atoms in total. The third-order valence-corrected chi connectivity index (χ3v) is 3.95. The maximum absolute atomic E-state index is 8.82. The summed E-state index contributed by atoms with van der Waals surface area (Å²) in [5, 5.41) is 12.1. The van der Waals surface area contributed by atoms with Gasteiger partial charge in [0, 0.05) is 24.5 Å². The van der Waals surface area contributed by atoms with Gasteiger partial charge in [-0.25, -0.2) is 9.97 Å². The normalized spacial score (nSPS) is 10.8. The number of aliphatic hydroxyl groups is 1. The number of nitrogens with one attached hydrogen (secondary N) is 1. The van der Waals surface area contributed by atoms with Crippen LogP contribution in [-0.2, 0) is 4.74 Å². The lowest BCUT2D eigenvalue weighted by molar-refractivity contribution is 0.0992. The topological polar surface area (TPSA) is 94.3 Å². The number of ether oxygens (including phenoxy) is 2. The van der Waals surface area contributed by atoms with Crippen LogP contribution in [0.4, 0.5) is 5.82 Å². The maximum Gasteiger partial charge on any atom is 0.237 e. The van der Waals surface area contributed by atoms with E-state index in [-0.39, 0.29) is 6.61 Å². The highest BCUT2D eigenvalue weighted by Gasteiger charge is 2.15. The number of aliphatic hydroxyl groups excluding tert-OH is 1. The fraction of sp³-hybridized carbons (Fsp3) is 0.316. The van der Waals surface area contributed by atoms with E-state index in [4.69, 9.17) is 14.6 Å². The van der Waals surface area contributed by atoms with E-state index in [1.165, 1.54) is 0 Å². The molecule has 1 aromatic carbocycles. The van der Waals surface area contributed by atoms with Crippen LogP contribution < -0.4 is 10.1 Å². The minimum Gasteiger partial charge on any atom is -0.497 e. The predicted octanol–water partition coefficient (Wildman–Crippen LogP) is 2.07. The van der Waals surface area contributed by atoms with Gasteiger partial charge in [0.1, 0.15) is 17.9 Å². The van der Waals surface area contributed by atoms with Crippen LogP contribution in [0.15, 0.2) is 43.0 Å². The average molecular weight is 369 g/mol. The summed E-state index contributed by atoms with van der Waals surface area (Å²) in [7, 11) is 1.64. The van der Waals surface area contributed by atoms with Crippen molar-refractivity contribution in [2.45, 2.75) is 6.92 Å². The molecule has 0 bridgehead atoms. The summed E-state index contributed by atoms with van der Waals surface area (Å²) in [6.07, 6.45) is 5.15. The molecule has 2 aromatic heterocycles. The van der Waals surface area contributed by atoms with E-state index in [0.29, 0.717) is 31.5 Å². The van der Waals surface area contributed by atoms with Crippen molar-refractivity contribution in [1.29, 1.82) is 0 Å². The number of methoxy groups -OCH3 is 1. The van der Waals surface area contributed by atoms with Crippen molar-refractivity contribution in [1.82, 2.24) is 19.5 Å². The van der Waals surface area contributed by atoms with Crippen molar-refractivity contribution in [2.24, 2.45) is 0 Å². The molecule has 0 aliphatic carbocycles. The molecule has 0 atom stereocenters. The van der Waals surface area contributed by atoms with Crippen LogP contribution in [-0.4, -0.2) is 58.1 Å². The zero-order chi connectivity index (χ0) is 19.1. The van der Waals surface area contributed by atoms with Gasteiger partial charge in [-0.3, -0.25) is 4.57 Å². The highest BCUT2D eigenvalue weighted by Crippen LogP contribution is 2.32. The van der Waals surface area contributed by atoms with Crippen LogP contribution >= 0.6 is 0 Å². The van der Waals surface area contributed by atoms with Crippen molar-refractivity contribution in [3.05, 3.63) is 48.7 Å². The zero-order valence-corrected chi connectivity index (χ0v) is 15.4. The van der Waals surface area contributed by atoms with Gasteiger partial charge in [-0.2, -0.15) is 4.98 Å². The summed E-state index contributed by atoms with van der Waals surface area (Å²) in [5.74, 6) is 2.00. The van der Waals surface area contributed by atoms with Gasteiger partial charge in [0.15, 0.2) is 0 Å². The first-order valence-corrected chi connectivity index (χ1v) is 8.67. The molecule has 0 fully saturated rings. The molecular weight excluding hydrogens is 346 g/mol. The Kier molecular flexibility index (Phi) is 6.35. The lowest BCUT2D eigenvalue weighted by Gasteiger charge is -2.16. The molecule has 0 spiro atoms. The minimum absolute atomic E-state index is 0.00640. The van der Waals surface area contributed by atoms with Gasteiger partial charge >= 0.3 is 0 Å². The molecule has 0 aliphatic heterocycles. The van der Waals surface area contributed by atoms with Gasteiger partial charge in [0.05, 0.1) is 32.6 Å². The molecule has 0 saturated heterocycles. The summed E-state index contributed by atoms with van der Waals surface area (Å²) < 4.78 is 12.4. The van der Waals surface area contributed by atoms with Crippen LogP contribution in [0.2, 0.25) is 0 Å². The lowest BCUT2D eigenvalue weighted by Crippen LogP contribution is -2.15. The van der Waals surface area contributed by atoms with Crippen LogP contribution in [0.1, 0.15) is 5.69 Å². The molecule has 2 N–H and O–H groups in total. The van der Waals surface area contributed by atoms with E-state index in [2.05, 4.69) is 20.3 Å². The van der Waals surface area contributed by atoms with Crippen molar-refractivity contribution in [3.63, 3.8) is 0 Å². The first-order chi connectivity index (χ1) is 13.2. The Morgan fingerprint density at radius 2 is 2.11 bits per heavy atom. The molecule has 2 heterocycles. The Balaban J connectivity index is 1.96. The summed E-state index contributed by atoms with van der Waals surface area (Å²) in [6.45, 7) is 3.28. The number of aryl methyl sites for hydroxylation is 1. The lowest BCUT2D eigenvalue weighted by atomic mass is 10.0. The van der Waals surface area contributed by atoms with Gasteiger partial charge in [-0.15, -0.1) is 0 Å². The molecular formula is C19H23N5O3. The molecule has 0 saturated carbocycles. The number of hydrogen-bond donors (Lipinski definition) is 2. The Morgan fingerprint density at radius 1 is 1.22 bits per heavy atom. The first kappa shape index (κ1) is 18.8. The number of imidazole rings is 1. The second kappa shape index (κ2) is 9.11. The molecule has 27 heavy (non-hydrogen) atoms. The Morgan fingerprint density at radius 3 is 2.85 bits per heavy atom. The summed E-state index contributed by atoms with van der Waals surface area (Å²) in [6, 6.07) is 7.79. The van der Waals surface area contributed by atoms with Crippen LogP contribution in [0.5, 0.6) is 5.75 Å². The minimum atomic E-state index is 0.00640. The molecule has 142 valence electrons. The van der Waals surface area contributed by atoms with E-state index in [9.17, 15) is 0 Å². The number of aromatic nitrogens is 4. The standard InChI is InChI=1S/C19H23N5O3/c1-14-17(15-4-3-5-16(12-15)26-2)18(21-7-10-27-11-9-25)23-19(22-14)24-8-6-20-13-24/h3-6,8,12-13,25H,7,9-11H2,1-2H3,(H,21,22,23). The highest BCUT2D eigenvalue weighted by molar-refractivity contribution is 5.78. The van der Waals surface area contributed by atoms with E-state index in [1.54, 1.807) is 30.4 Å². The second-order valence-corrected chi connectivity index (χ2v) is 5.80. The fourth-order valence-corrected chi connectivity index (χ4v) is 2.71. The van der Waals surface area contributed by atoms with E-state index in [0.717, 1.165) is 22.6 Å². The summed E-state index contributed by atoms with van der Waals surface area (Å²) >= 11 is 0. The number of nitrogens with zero attached hydrogens (tertiary/aromatic N) is 4. The SMILES string of the molecule is COc1cccc(-c2c(C)nc(-n3ccnc3)nc2NCCOCCO)c1. The van der Waals surface area contributed by atoms with Crippen LogP contribution in [0.3, 0.4) is 0 Å². The van der Waals surface area contributed by atoms with Crippen molar-refractivity contribution in [3.8, 4) is 22.8 Å². The van der Waals surface area contributed by atoms with Crippen molar-refractivity contribution >= 4 is 5.82 Å². The van der Waals surface area contributed by atoms with Gasteiger partial charge in [-0.1, -0.05) is 12.1 Å². The third-order valence-electron chi connectivity index (χ3n) is 3.95. The average Bonchev–Trinajstić information content (AvgIpc) is 3.22. The van der Waals surface area contributed by atoms with Crippen LogP contribution in [0.25, 0.3) is 17.1 Å². The first-order valence-electron chi connectivity index (χ1n) is 8.67. The van der Waals surface area contributed by atoms with E-state index in [1.807, 2.05) is 31.2 Å². The Bertz CT molecular complexity index is 868. The number of rotatable bonds is 9. The number of hydrogen-bond acceptors (Lipinski definition) is 7. The Hall–Kier alpha value is -2.97. The van der Waals surface area contributed by atoms with Crippen molar-refractivity contribution < 1.29 is 14.6 Å². The van der Waals surface area contributed by atoms with E-state index < -0.39 is 0 Å². The van der Waals surface area contributed by atoms with Gasteiger partial charge < -0.3 is 19.9 Å². The highest BCUT2D eigenvalue weighted by atomic mass is 16.5. The summed E-state index contributed by atoms with van der Waals surface area (Å²) in [4.78, 5) is 13.4. The third kappa shape index (κ3) is 4.60. The smallest absolute Gasteiger partial charge is 0.237 e. The molecule has 3 aromatic rings. The van der Waals surface area contributed by atoms with Gasteiger partial charge in [-0.05, 0) is 24.6 Å². The molecule has 0 unspecified atom stereocenters. The van der Waals surface area contributed by atoms with Gasteiger partial charge in [0.25, 0.3) is 0 Å². The quantitative estimate of drug-likeness (QED) is 0.558. The number of benzene rings is 1. The maximum atomic E-state index is 8.82. The second-order valence-electron chi connectivity index (χ2n) is 5.80. The molecule has 0 radical (unpaired) electrons. The van der Waals surface area contributed by atoms with Crippen molar-refractivity contribution in [2.75, 3.05) is 38.8 Å². The number of anilines is 1. The predicted molar refractivity (Wildman–Crippen MR) is 102 cm³/mol. The van der Waals surface area contributed by atoms with E-state index >= 15 is 0 Å².